The summed E-state index contributed by atoms with van der Waals surface area (Å²) in [5.74, 6) is -0.795. The summed E-state index contributed by atoms with van der Waals surface area (Å²) in [4.78, 5) is 24.3. The number of carbonyl (C=O) groups excluding carboxylic acids is 1. The van der Waals surface area contributed by atoms with Crippen molar-refractivity contribution in [2.24, 2.45) is 5.92 Å². The van der Waals surface area contributed by atoms with Crippen LogP contribution in [-0.2, 0) is 4.79 Å². The third-order valence-corrected chi connectivity index (χ3v) is 2.90. The van der Waals surface area contributed by atoms with Crippen LogP contribution in [-0.4, -0.2) is 40.1 Å². The summed E-state index contributed by atoms with van der Waals surface area (Å²) in [7, 11) is 0. The van der Waals surface area contributed by atoms with Gasteiger partial charge in [0.15, 0.2) is 0 Å². The Balaban J connectivity index is 2.10. The summed E-state index contributed by atoms with van der Waals surface area (Å²) in [5.41, 5.74) is 0.398. The van der Waals surface area contributed by atoms with E-state index in [1.165, 1.54) is 29.2 Å². The fourth-order valence-corrected chi connectivity index (χ4v) is 1.78. The second-order valence-corrected chi connectivity index (χ2v) is 4.57. The lowest BCUT2D eigenvalue weighted by molar-refractivity contribution is -0.137. The number of amides is 1. The predicted molar refractivity (Wildman–Crippen MR) is 64.4 cm³/mol. The molecule has 0 unspecified atom stereocenters. The Morgan fingerprint density at radius 1 is 1.22 bits per heavy atom. The van der Waals surface area contributed by atoms with Crippen molar-refractivity contribution in [1.29, 1.82) is 0 Å². The van der Waals surface area contributed by atoms with Crippen LogP contribution < -0.4 is 0 Å². The molecule has 1 saturated carbocycles. The van der Waals surface area contributed by atoms with Gasteiger partial charge in [0.05, 0.1) is 0 Å². The van der Waals surface area contributed by atoms with Crippen molar-refractivity contribution in [2.75, 3.05) is 13.1 Å². The van der Waals surface area contributed by atoms with Crippen LogP contribution in [0.4, 0.5) is 0 Å². The molecule has 0 saturated heterocycles. The Bertz CT molecular complexity index is 451. The van der Waals surface area contributed by atoms with Crippen molar-refractivity contribution in [1.82, 2.24) is 4.90 Å². The summed E-state index contributed by atoms with van der Waals surface area (Å²) in [5, 5.41) is 18.0. The molecule has 1 fully saturated rings. The van der Waals surface area contributed by atoms with Gasteiger partial charge in [-0.2, -0.15) is 0 Å². The highest BCUT2D eigenvalue weighted by Gasteiger charge is 2.28. The number of hydrogen-bond donors (Lipinski definition) is 2. The maximum Gasteiger partial charge on any atom is 0.323 e. The van der Waals surface area contributed by atoms with Crippen molar-refractivity contribution in [2.45, 2.75) is 12.8 Å². The number of benzene rings is 1. The van der Waals surface area contributed by atoms with Gasteiger partial charge < -0.3 is 15.1 Å². The van der Waals surface area contributed by atoms with Crippen LogP contribution in [0.2, 0.25) is 0 Å². The second-order valence-electron chi connectivity index (χ2n) is 4.57. The number of hydrogen-bond acceptors (Lipinski definition) is 3. The zero-order valence-electron chi connectivity index (χ0n) is 9.87. The molecule has 0 aliphatic heterocycles. The molecular formula is C13H15NO4. The van der Waals surface area contributed by atoms with E-state index in [1.54, 1.807) is 0 Å². The first-order valence-electron chi connectivity index (χ1n) is 5.86. The third-order valence-electron chi connectivity index (χ3n) is 2.90. The van der Waals surface area contributed by atoms with Crippen LogP contribution in [0, 0.1) is 5.92 Å². The van der Waals surface area contributed by atoms with Crippen molar-refractivity contribution in [3.05, 3.63) is 29.8 Å². The zero-order chi connectivity index (χ0) is 13.1. The van der Waals surface area contributed by atoms with Crippen LogP contribution in [0.15, 0.2) is 24.3 Å². The standard InChI is InChI=1S/C13H15NO4/c15-11-5-3-10(4-6-11)13(18)14(8-12(16)17)7-9-1-2-9/h3-6,9,15H,1-2,7-8H2,(H,16,17). The van der Waals surface area contributed by atoms with Gasteiger partial charge in [-0.05, 0) is 43.0 Å². The number of carboxylic acids is 1. The van der Waals surface area contributed by atoms with E-state index < -0.39 is 5.97 Å². The number of phenolic OH excluding ortho intramolecular Hbond substituents is 1. The SMILES string of the molecule is O=C(O)CN(CC1CC1)C(=O)c1ccc(O)cc1. The van der Waals surface area contributed by atoms with Gasteiger partial charge in [-0.1, -0.05) is 0 Å². The average molecular weight is 249 g/mol. The average Bonchev–Trinajstić information content (AvgIpc) is 3.12. The summed E-state index contributed by atoms with van der Waals surface area (Å²) in [6.07, 6.45) is 2.11. The lowest BCUT2D eigenvalue weighted by atomic mass is 10.2. The Morgan fingerprint density at radius 2 is 1.83 bits per heavy atom. The van der Waals surface area contributed by atoms with Crippen molar-refractivity contribution in [3.63, 3.8) is 0 Å². The van der Waals surface area contributed by atoms with E-state index in [4.69, 9.17) is 10.2 Å². The maximum absolute atomic E-state index is 12.1. The second kappa shape index (κ2) is 5.08. The Hall–Kier alpha value is -2.04. The fourth-order valence-electron chi connectivity index (χ4n) is 1.78. The van der Waals surface area contributed by atoms with Crippen LogP contribution >= 0.6 is 0 Å². The van der Waals surface area contributed by atoms with Crippen LogP contribution in [0.5, 0.6) is 5.75 Å². The first-order valence-corrected chi connectivity index (χ1v) is 5.86. The van der Waals surface area contributed by atoms with E-state index >= 15 is 0 Å². The molecule has 0 heterocycles. The highest BCUT2D eigenvalue weighted by Crippen LogP contribution is 2.30. The molecule has 0 atom stereocenters. The fraction of sp³-hybridized carbons (Fsp3) is 0.385. The van der Waals surface area contributed by atoms with E-state index in [0.29, 0.717) is 18.0 Å². The lowest BCUT2D eigenvalue weighted by Crippen LogP contribution is -2.37. The largest absolute Gasteiger partial charge is 0.508 e. The molecule has 5 nitrogen and oxygen atoms in total. The van der Waals surface area contributed by atoms with Gasteiger partial charge in [-0.15, -0.1) is 0 Å². The minimum atomic E-state index is -1.01. The third kappa shape index (κ3) is 3.23. The van der Waals surface area contributed by atoms with Gasteiger partial charge in [-0.25, -0.2) is 0 Å². The predicted octanol–water partition coefficient (Wildman–Crippen LogP) is 1.33. The van der Waals surface area contributed by atoms with Gasteiger partial charge in [0.1, 0.15) is 12.3 Å². The normalized spacial score (nSPS) is 14.2. The molecule has 1 aliphatic carbocycles. The van der Waals surface area contributed by atoms with Gasteiger partial charge in [0.2, 0.25) is 0 Å². The molecule has 1 aromatic rings. The molecule has 0 spiro atoms. The van der Waals surface area contributed by atoms with Gasteiger partial charge >= 0.3 is 5.97 Å². The highest BCUT2D eigenvalue weighted by atomic mass is 16.4. The number of phenols is 1. The van der Waals surface area contributed by atoms with E-state index in [-0.39, 0.29) is 18.2 Å². The van der Waals surface area contributed by atoms with Gasteiger partial charge in [-0.3, -0.25) is 9.59 Å². The molecule has 96 valence electrons. The molecule has 1 amide bonds. The minimum absolute atomic E-state index is 0.0820. The topological polar surface area (TPSA) is 77.8 Å². The number of carbonyl (C=O) groups is 2. The molecular weight excluding hydrogens is 234 g/mol. The molecule has 18 heavy (non-hydrogen) atoms. The van der Waals surface area contributed by atoms with Crippen LogP contribution in [0.3, 0.4) is 0 Å². The highest BCUT2D eigenvalue weighted by molar-refractivity contribution is 5.96. The summed E-state index contributed by atoms with van der Waals surface area (Å²) < 4.78 is 0. The summed E-state index contributed by atoms with van der Waals surface area (Å²) in [6.45, 7) is 0.211. The quantitative estimate of drug-likeness (QED) is 0.825. The molecule has 5 heteroatoms. The molecule has 0 radical (unpaired) electrons. The van der Waals surface area contributed by atoms with Gasteiger partial charge in [0.25, 0.3) is 5.91 Å². The molecule has 0 bridgehead atoms. The van der Waals surface area contributed by atoms with E-state index in [9.17, 15) is 9.59 Å². The van der Waals surface area contributed by atoms with E-state index in [0.717, 1.165) is 12.8 Å². The van der Waals surface area contributed by atoms with Crippen molar-refractivity contribution in [3.8, 4) is 5.75 Å². The number of aromatic hydroxyl groups is 1. The zero-order valence-corrected chi connectivity index (χ0v) is 9.87. The number of carboxylic acid groups (broad SMARTS) is 1. The van der Waals surface area contributed by atoms with Crippen LogP contribution in [0.1, 0.15) is 23.2 Å². The minimum Gasteiger partial charge on any atom is -0.508 e. The Labute approximate surface area is 105 Å². The monoisotopic (exact) mass is 249 g/mol. The maximum atomic E-state index is 12.1. The summed E-state index contributed by atoms with van der Waals surface area (Å²) in [6, 6.07) is 5.84. The van der Waals surface area contributed by atoms with Crippen LogP contribution in [0.25, 0.3) is 0 Å². The summed E-state index contributed by atoms with van der Waals surface area (Å²) >= 11 is 0. The van der Waals surface area contributed by atoms with Gasteiger partial charge in [0, 0.05) is 12.1 Å². The number of aliphatic carboxylic acids is 1. The molecule has 2 N–H and O–H groups in total. The molecule has 0 aromatic heterocycles. The van der Waals surface area contributed by atoms with E-state index in [2.05, 4.69) is 0 Å². The van der Waals surface area contributed by atoms with E-state index in [1.807, 2.05) is 0 Å². The number of nitrogens with zero attached hydrogens (tertiary/aromatic N) is 1. The van der Waals surface area contributed by atoms with Crippen molar-refractivity contribution < 1.29 is 19.8 Å². The Kier molecular flexibility index (Phi) is 3.50. The molecule has 1 aliphatic rings. The smallest absolute Gasteiger partial charge is 0.323 e. The molecule has 1 aromatic carbocycles. The lowest BCUT2D eigenvalue weighted by Gasteiger charge is -2.20. The first kappa shape index (κ1) is 12.4. The number of rotatable bonds is 5. The first-order chi connectivity index (χ1) is 8.56. The van der Waals surface area contributed by atoms with Crippen molar-refractivity contribution >= 4 is 11.9 Å². The molecule has 2 rings (SSSR count). The Morgan fingerprint density at radius 3 is 2.33 bits per heavy atom.